The molecule has 0 spiro atoms. The Kier molecular flexibility index (Phi) is 4.94. The molecule has 0 radical (unpaired) electrons. The first-order valence-electron chi connectivity index (χ1n) is 8.23. The van der Waals surface area contributed by atoms with E-state index in [2.05, 4.69) is 10.1 Å². The van der Waals surface area contributed by atoms with E-state index in [4.69, 9.17) is 4.52 Å². The van der Waals surface area contributed by atoms with Crippen molar-refractivity contribution >= 4 is 5.91 Å². The Hall–Kier alpha value is -2.21. The third-order valence-corrected chi connectivity index (χ3v) is 4.58. The van der Waals surface area contributed by atoms with Crippen molar-refractivity contribution in [1.29, 1.82) is 0 Å². The van der Waals surface area contributed by atoms with Crippen LogP contribution < -0.4 is 0 Å². The SMILES string of the molecule is Cc1cc(CC(=O)N2CCN(C(C)c3ccccc3F)CC2)no1. The first-order chi connectivity index (χ1) is 11.5. The first-order valence-corrected chi connectivity index (χ1v) is 8.23. The highest BCUT2D eigenvalue weighted by Gasteiger charge is 2.26. The molecule has 0 N–H and O–H groups in total. The summed E-state index contributed by atoms with van der Waals surface area (Å²) in [7, 11) is 0. The molecular formula is C18H22FN3O2. The summed E-state index contributed by atoms with van der Waals surface area (Å²) in [6, 6.07) is 8.66. The van der Waals surface area contributed by atoms with Crippen LogP contribution in [0.4, 0.5) is 4.39 Å². The highest BCUT2D eigenvalue weighted by molar-refractivity contribution is 5.78. The molecule has 1 atom stereocenters. The molecule has 0 bridgehead atoms. The Labute approximate surface area is 141 Å². The van der Waals surface area contributed by atoms with Crippen LogP contribution in [0.1, 0.15) is 30.0 Å². The van der Waals surface area contributed by atoms with Gasteiger partial charge in [0.1, 0.15) is 11.6 Å². The minimum atomic E-state index is -0.176. The van der Waals surface area contributed by atoms with Gasteiger partial charge in [-0.3, -0.25) is 9.69 Å². The van der Waals surface area contributed by atoms with E-state index in [1.165, 1.54) is 6.07 Å². The Morgan fingerprint density at radius 3 is 2.62 bits per heavy atom. The van der Waals surface area contributed by atoms with Crippen LogP contribution in [0.25, 0.3) is 0 Å². The van der Waals surface area contributed by atoms with Crippen LogP contribution in [-0.4, -0.2) is 47.0 Å². The molecule has 1 fully saturated rings. The number of halogens is 1. The second kappa shape index (κ2) is 7.13. The summed E-state index contributed by atoms with van der Waals surface area (Å²) in [6.45, 7) is 6.58. The van der Waals surface area contributed by atoms with Crippen LogP contribution in [0.3, 0.4) is 0 Å². The predicted molar refractivity (Wildman–Crippen MR) is 87.9 cm³/mol. The lowest BCUT2D eigenvalue weighted by atomic mass is 10.1. The van der Waals surface area contributed by atoms with Gasteiger partial charge >= 0.3 is 0 Å². The number of carbonyl (C=O) groups is 1. The average molecular weight is 331 g/mol. The van der Waals surface area contributed by atoms with Gasteiger partial charge in [0.25, 0.3) is 0 Å². The fourth-order valence-electron chi connectivity index (χ4n) is 3.14. The number of hydrogen-bond acceptors (Lipinski definition) is 4. The number of aromatic nitrogens is 1. The summed E-state index contributed by atoms with van der Waals surface area (Å²) in [4.78, 5) is 16.4. The lowest BCUT2D eigenvalue weighted by Crippen LogP contribution is -2.49. The summed E-state index contributed by atoms with van der Waals surface area (Å²) in [5, 5.41) is 3.87. The zero-order chi connectivity index (χ0) is 17.1. The second-order valence-corrected chi connectivity index (χ2v) is 6.22. The monoisotopic (exact) mass is 331 g/mol. The number of hydrogen-bond donors (Lipinski definition) is 0. The summed E-state index contributed by atoms with van der Waals surface area (Å²) in [5.74, 6) is 0.590. The van der Waals surface area contributed by atoms with Gasteiger partial charge in [-0.25, -0.2) is 4.39 Å². The molecular weight excluding hydrogens is 309 g/mol. The quantitative estimate of drug-likeness (QED) is 0.864. The predicted octanol–water partition coefficient (Wildman–Crippen LogP) is 2.57. The molecule has 1 amide bonds. The largest absolute Gasteiger partial charge is 0.361 e. The van der Waals surface area contributed by atoms with E-state index in [-0.39, 0.29) is 24.2 Å². The van der Waals surface area contributed by atoms with Gasteiger partial charge in [0.2, 0.25) is 5.91 Å². The lowest BCUT2D eigenvalue weighted by molar-refractivity contribution is -0.132. The smallest absolute Gasteiger partial charge is 0.228 e. The van der Waals surface area contributed by atoms with Crippen molar-refractivity contribution in [3.05, 3.63) is 53.2 Å². The molecule has 1 saturated heterocycles. The normalized spacial score (nSPS) is 17.0. The molecule has 0 aliphatic carbocycles. The Morgan fingerprint density at radius 1 is 1.29 bits per heavy atom. The van der Waals surface area contributed by atoms with Crippen LogP contribution in [0.2, 0.25) is 0 Å². The van der Waals surface area contributed by atoms with Gasteiger partial charge in [-0.05, 0) is 19.9 Å². The Balaban J connectivity index is 1.55. The molecule has 6 heteroatoms. The van der Waals surface area contributed by atoms with Crippen LogP contribution in [0.15, 0.2) is 34.9 Å². The molecule has 1 aromatic carbocycles. The number of piperazine rings is 1. The third-order valence-electron chi connectivity index (χ3n) is 4.58. The van der Waals surface area contributed by atoms with Gasteiger partial charge in [0.05, 0.1) is 12.1 Å². The first kappa shape index (κ1) is 16.6. The van der Waals surface area contributed by atoms with E-state index in [0.717, 1.165) is 13.1 Å². The van der Waals surface area contributed by atoms with E-state index in [0.29, 0.717) is 30.1 Å². The van der Waals surface area contributed by atoms with Gasteiger partial charge in [-0.15, -0.1) is 0 Å². The van der Waals surface area contributed by atoms with Crippen molar-refractivity contribution in [3.63, 3.8) is 0 Å². The van der Waals surface area contributed by atoms with Gasteiger partial charge in [0, 0.05) is 43.9 Å². The van der Waals surface area contributed by atoms with E-state index in [1.54, 1.807) is 12.1 Å². The van der Waals surface area contributed by atoms with Crippen molar-refractivity contribution in [3.8, 4) is 0 Å². The maximum Gasteiger partial charge on any atom is 0.228 e. The lowest BCUT2D eigenvalue weighted by Gasteiger charge is -2.38. The number of aryl methyl sites for hydroxylation is 1. The second-order valence-electron chi connectivity index (χ2n) is 6.22. The number of nitrogens with zero attached hydrogens (tertiary/aromatic N) is 3. The molecule has 1 aliphatic rings. The summed E-state index contributed by atoms with van der Waals surface area (Å²) >= 11 is 0. The van der Waals surface area contributed by atoms with Crippen molar-refractivity contribution in [2.24, 2.45) is 0 Å². The number of carbonyl (C=O) groups excluding carboxylic acids is 1. The zero-order valence-electron chi connectivity index (χ0n) is 14.0. The fourth-order valence-corrected chi connectivity index (χ4v) is 3.14. The molecule has 3 rings (SSSR count). The average Bonchev–Trinajstić information content (AvgIpc) is 2.99. The summed E-state index contributed by atoms with van der Waals surface area (Å²) < 4.78 is 18.9. The highest BCUT2D eigenvalue weighted by atomic mass is 19.1. The summed E-state index contributed by atoms with van der Waals surface area (Å²) in [5.41, 5.74) is 1.37. The van der Waals surface area contributed by atoms with E-state index in [1.807, 2.05) is 30.9 Å². The molecule has 24 heavy (non-hydrogen) atoms. The molecule has 1 aromatic heterocycles. The highest BCUT2D eigenvalue weighted by Crippen LogP contribution is 2.24. The van der Waals surface area contributed by atoms with Crippen LogP contribution >= 0.6 is 0 Å². The van der Waals surface area contributed by atoms with Crippen LogP contribution in [0.5, 0.6) is 0 Å². The van der Waals surface area contributed by atoms with Gasteiger partial charge in [-0.2, -0.15) is 0 Å². The maximum absolute atomic E-state index is 13.9. The molecule has 128 valence electrons. The van der Waals surface area contributed by atoms with Crippen molar-refractivity contribution in [2.75, 3.05) is 26.2 Å². The van der Waals surface area contributed by atoms with Crippen molar-refractivity contribution in [2.45, 2.75) is 26.3 Å². The zero-order valence-corrected chi connectivity index (χ0v) is 14.0. The molecule has 5 nitrogen and oxygen atoms in total. The molecule has 0 saturated carbocycles. The molecule has 2 heterocycles. The topological polar surface area (TPSA) is 49.6 Å². The third kappa shape index (κ3) is 3.64. The van der Waals surface area contributed by atoms with Crippen LogP contribution in [0, 0.1) is 12.7 Å². The van der Waals surface area contributed by atoms with Gasteiger partial charge in [-0.1, -0.05) is 23.4 Å². The summed E-state index contributed by atoms with van der Waals surface area (Å²) in [6.07, 6.45) is 0.264. The Bertz CT molecular complexity index is 708. The number of benzene rings is 1. The van der Waals surface area contributed by atoms with E-state index < -0.39 is 0 Å². The molecule has 1 unspecified atom stereocenters. The number of amides is 1. The number of rotatable bonds is 4. The maximum atomic E-state index is 13.9. The molecule has 2 aromatic rings. The van der Waals surface area contributed by atoms with E-state index >= 15 is 0 Å². The molecule has 1 aliphatic heterocycles. The fraction of sp³-hybridized carbons (Fsp3) is 0.444. The van der Waals surface area contributed by atoms with Crippen molar-refractivity contribution < 1.29 is 13.7 Å². The van der Waals surface area contributed by atoms with E-state index in [9.17, 15) is 9.18 Å². The standard InChI is InChI=1S/C18H22FN3O2/c1-13-11-15(20-24-13)12-18(23)22-9-7-21(8-10-22)14(2)16-5-3-4-6-17(16)19/h3-6,11,14H,7-10,12H2,1-2H3. The minimum absolute atomic E-state index is 0.00152. The minimum Gasteiger partial charge on any atom is -0.361 e. The Morgan fingerprint density at radius 2 is 2.00 bits per heavy atom. The van der Waals surface area contributed by atoms with Crippen molar-refractivity contribution in [1.82, 2.24) is 15.0 Å². The van der Waals surface area contributed by atoms with Gasteiger partial charge in [0.15, 0.2) is 0 Å². The van der Waals surface area contributed by atoms with Gasteiger partial charge < -0.3 is 9.42 Å². The van der Waals surface area contributed by atoms with Crippen LogP contribution in [-0.2, 0) is 11.2 Å².